The highest BCUT2D eigenvalue weighted by molar-refractivity contribution is 5.93. The molecule has 1 atom stereocenters. The van der Waals surface area contributed by atoms with Crippen molar-refractivity contribution in [3.8, 4) is 5.75 Å². The number of hydrogen-bond donors (Lipinski definition) is 2. The average Bonchev–Trinajstić information content (AvgIpc) is 2.36. The molecule has 0 aromatic heterocycles. The number of benzene rings is 1. The van der Waals surface area contributed by atoms with E-state index >= 15 is 0 Å². The van der Waals surface area contributed by atoms with E-state index in [1.54, 1.807) is 13.0 Å². The first-order valence-corrected chi connectivity index (χ1v) is 6.70. The van der Waals surface area contributed by atoms with Crippen LogP contribution in [-0.2, 0) is 9.53 Å². The lowest BCUT2D eigenvalue weighted by molar-refractivity contribution is -0.124. The fourth-order valence-electron chi connectivity index (χ4n) is 1.84. The number of aryl methyl sites for hydroxylation is 1. The fraction of sp³-hybridized carbons (Fsp3) is 0.467. The maximum atomic E-state index is 11.7. The van der Waals surface area contributed by atoms with Crippen LogP contribution in [0.2, 0.25) is 0 Å². The van der Waals surface area contributed by atoms with Crippen molar-refractivity contribution in [1.82, 2.24) is 5.32 Å². The Labute approximate surface area is 118 Å². The number of nitrogens with one attached hydrogen (secondary N) is 1. The van der Waals surface area contributed by atoms with Crippen LogP contribution in [-0.4, -0.2) is 29.6 Å². The van der Waals surface area contributed by atoms with E-state index in [9.17, 15) is 14.7 Å². The van der Waals surface area contributed by atoms with Gasteiger partial charge in [-0.3, -0.25) is 4.79 Å². The quantitative estimate of drug-likeness (QED) is 0.782. The first-order valence-electron chi connectivity index (χ1n) is 6.70. The Balaban J connectivity index is 2.49. The first-order chi connectivity index (χ1) is 9.43. The van der Waals surface area contributed by atoms with Gasteiger partial charge in [-0.1, -0.05) is 19.4 Å². The van der Waals surface area contributed by atoms with Gasteiger partial charge in [-0.25, -0.2) is 4.79 Å². The molecular formula is C15H21NO4. The van der Waals surface area contributed by atoms with Crippen molar-refractivity contribution >= 4 is 11.9 Å². The number of phenols is 1. The highest BCUT2D eigenvalue weighted by atomic mass is 16.5. The van der Waals surface area contributed by atoms with Gasteiger partial charge in [-0.2, -0.15) is 0 Å². The highest BCUT2D eigenvalue weighted by Crippen LogP contribution is 2.19. The van der Waals surface area contributed by atoms with E-state index in [-0.39, 0.29) is 29.9 Å². The lowest BCUT2D eigenvalue weighted by Gasteiger charge is -2.13. The molecule has 0 aliphatic heterocycles. The summed E-state index contributed by atoms with van der Waals surface area (Å²) < 4.78 is 4.88. The predicted molar refractivity (Wildman–Crippen MR) is 75.6 cm³/mol. The summed E-state index contributed by atoms with van der Waals surface area (Å²) in [6.45, 7) is 5.38. The Bertz CT molecular complexity index is 485. The molecule has 0 unspecified atom stereocenters. The third kappa shape index (κ3) is 4.91. The number of rotatable bonds is 6. The van der Waals surface area contributed by atoms with Crippen LogP contribution in [0.3, 0.4) is 0 Å². The number of amides is 1. The fourth-order valence-corrected chi connectivity index (χ4v) is 1.84. The lowest BCUT2D eigenvalue weighted by atomic mass is 10.1. The minimum Gasteiger partial charge on any atom is -0.507 e. The van der Waals surface area contributed by atoms with Crippen molar-refractivity contribution in [2.45, 2.75) is 39.7 Å². The molecule has 1 aromatic carbocycles. The molecule has 20 heavy (non-hydrogen) atoms. The van der Waals surface area contributed by atoms with Crippen LogP contribution in [0.25, 0.3) is 0 Å². The van der Waals surface area contributed by atoms with Gasteiger partial charge in [0.1, 0.15) is 11.3 Å². The number of hydrogen-bond acceptors (Lipinski definition) is 4. The zero-order valence-corrected chi connectivity index (χ0v) is 12.1. The topological polar surface area (TPSA) is 75.6 Å². The van der Waals surface area contributed by atoms with E-state index in [1.807, 2.05) is 13.8 Å². The Kier molecular flexibility index (Phi) is 6.03. The molecule has 0 aliphatic rings. The summed E-state index contributed by atoms with van der Waals surface area (Å²) >= 11 is 0. The molecule has 1 aromatic rings. The van der Waals surface area contributed by atoms with Crippen LogP contribution in [0.5, 0.6) is 5.75 Å². The van der Waals surface area contributed by atoms with Crippen molar-refractivity contribution in [2.75, 3.05) is 6.61 Å². The second-order valence-corrected chi connectivity index (χ2v) is 4.85. The van der Waals surface area contributed by atoms with Gasteiger partial charge in [0.15, 0.2) is 6.61 Å². The first kappa shape index (κ1) is 16.0. The second kappa shape index (κ2) is 7.53. The summed E-state index contributed by atoms with van der Waals surface area (Å²) in [5.74, 6) is -1.19. The maximum absolute atomic E-state index is 11.7. The Morgan fingerprint density at radius 3 is 2.70 bits per heavy atom. The third-order valence-electron chi connectivity index (χ3n) is 2.84. The number of phenolic OH excluding ortho intramolecular Hbond substituents is 1. The summed E-state index contributed by atoms with van der Waals surface area (Å²) in [6, 6.07) is 4.70. The zero-order chi connectivity index (χ0) is 15.1. The number of esters is 1. The van der Waals surface area contributed by atoms with Crippen LogP contribution < -0.4 is 5.32 Å². The number of ether oxygens (including phenoxy) is 1. The van der Waals surface area contributed by atoms with Crippen molar-refractivity contribution in [3.05, 3.63) is 29.3 Å². The molecule has 0 saturated heterocycles. The van der Waals surface area contributed by atoms with Gasteiger partial charge in [0, 0.05) is 6.04 Å². The molecular weight excluding hydrogens is 258 g/mol. The van der Waals surface area contributed by atoms with Gasteiger partial charge in [0.2, 0.25) is 0 Å². The van der Waals surface area contributed by atoms with E-state index in [4.69, 9.17) is 4.74 Å². The lowest BCUT2D eigenvalue weighted by Crippen LogP contribution is -2.35. The monoisotopic (exact) mass is 279 g/mol. The maximum Gasteiger partial charge on any atom is 0.342 e. The van der Waals surface area contributed by atoms with E-state index in [0.717, 1.165) is 18.4 Å². The van der Waals surface area contributed by atoms with Crippen molar-refractivity contribution in [2.24, 2.45) is 0 Å². The Morgan fingerprint density at radius 2 is 2.10 bits per heavy atom. The predicted octanol–water partition coefficient (Wildman–Crippen LogP) is 2.16. The van der Waals surface area contributed by atoms with E-state index in [1.165, 1.54) is 12.1 Å². The molecule has 5 heteroatoms. The van der Waals surface area contributed by atoms with Gasteiger partial charge < -0.3 is 15.2 Å². The van der Waals surface area contributed by atoms with Crippen molar-refractivity contribution in [3.63, 3.8) is 0 Å². The molecule has 0 fully saturated rings. The zero-order valence-electron chi connectivity index (χ0n) is 12.1. The standard InChI is InChI=1S/C15H21NO4/c1-4-5-11(3)16-14(18)9-20-15(19)12-7-6-10(2)8-13(12)17/h6-8,11,17H,4-5,9H2,1-3H3,(H,16,18)/t11-/m1/s1. The minimum absolute atomic E-state index is 0.0546. The molecule has 2 N–H and O–H groups in total. The highest BCUT2D eigenvalue weighted by Gasteiger charge is 2.15. The van der Waals surface area contributed by atoms with E-state index in [0.29, 0.717) is 0 Å². The molecule has 1 rings (SSSR count). The van der Waals surface area contributed by atoms with Gasteiger partial charge in [0.25, 0.3) is 5.91 Å². The Hall–Kier alpha value is -2.04. The van der Waals surface area contributed by atoms with E-state index in [2.05, 4.69) is 5.32 Å². The molecule has 0 aliphatic carbocycles. The van der Waals surface area contributed by atoms with Crippen molar-refractivity contribution < 1.29 is 19.4 Å². The smallest absolute Gasteiger partial charge is 0.342 e. The second-order valence-electron chi connectivity index (χ2n) is 4.85. The molecule has 5 nitrogen and oxygen atoms in total. The summed E-state index contributed by atoms with van der Waals surface area (Å²) in [7, 11) is 0. The molecule has 0 heterocycles. The van der Waals surface area contributed by atoms with Crippen LogP contribution in [0.1, 0.15) is 42.6 Å². The molecule has 1 amide bonds. The summed E-state index contributed by atoms with van der Waals surface area (Å²) in [6.07, 6.45) is 1.84. The van der Waals surface area contributed by atoms with Gasteiger partial charge in [-0.05, 0) is 38.0 Å². The van der Waals surface area contributed by atoms with Gasteiger partial charge >= 0.3 is 5.97 Å². The third-order valence-corrected chi connectivity index (χ3v) is 2.84. The van der Waals surface area contributed by atoms with Crippen LogP contribution in [0.4, 0.5) is 0 Å². The minimum atomic E-state index is -0.708. The number of carbonyl (C=O) groups excluding carboxylic acids is 2. The summed E-state index contributed by atoms with van der Waals surface area (Å²) in [5.41, 5.74) is 0.898. The molecule has 0 bridgehead atoms. The normalized spacial score (nSPS) is 11.8. The van der Waals surface area contributed by atoms with Gasteiger partial charge in [-0.15, -0.1) is 0 Å². The van der Waals surface area contributed by atoms with Crippen LogP contribution in [0.15, 0.2) is 18.2 Å². The molecule has 0 radical (unpaired) electrons. The molecule has 0 spiro atoms. The van der Waals surface area contributed by atoms with E-state index < -0.39 is 5.97 Å². The molecule has 110 valence electrons. The Morgan fingerprint density at radius 1 is 1.40 bits per heavy atom. The summed E-state index contributed by atoms with van der Waals surface area (Å²) in [4.78, 5) is 23.3. The van der Waals surface area contributed by atoms with Gasteiger partial charge in [0.05, 0.1) is 0 Å². The number of aromatic hydroxyl groups is 1. The average molecular weight is 279 g/mol. The summed E-state index contributed by atoms with van der Waals surface area (Å²) in [5, 5.41) is 12.4. The SMILES string of the molecule is CCC[C@@H](C)NC(=O)COC(=O)c1ccc(C)cc1O. The number of carbonyl (C=O) groups is 2. The van der Waals surface area contributed by atoms with Crippen LogP contribution >= 0.6 is 0 Å². The van der Waals surface area contributed by atoms with Crippen molar-refractivity contribution in [1.29, 1.82) is 0 Å². The molecule has 0 saturated carbocycles. The largest absolute Gasteiger partial charge is 0.507 e. The van der Waals surface area contributed by atoms with Crippen LogP contribution in [0, 0.1) is 6.92 Å².